The van der Waals surface area contributed by atoms with Crippen molar-refractivity contribution in [2.45, 2.75) is 31.2 Å². The zero-order valence-electron chi connectivity index (χ0n) is 12.5. The first-order valence-electron chi connectivity index (χ1n) is 7.43. The number of amides is 1. The SMILES string of the molecule is O=C(NCc1cccc(Cl)c1Cl)C1(F)CCC(F)c2ncccc21. The van der Waals surface area contributed by atoms with E-state index in [1.807, 2.05) is 0 Å². The number of rotatable bonds is 3. The first-order chi connectivity index (χ1) is 11.4. The van der Waals surface area contributed by atoms with Crippen molar-refractivity contribution in [3.05, 3.63) is 63.4 Å². The van der Waals surface area contributed by atoms with Gasteiger partial charge in [-0.3, -0.25) is 9.78 Å². The van der Waals surface area contributed by atoms with Crippen LogP contribution >= 0.6 is 23.2 Å². The van der Waals surface area contributed by atoms with Gasteiger partial charge in [-0.2, -0.15) is 0 Å². The van der Waals surface area contributed by atoms with E-state index in [0.717, 1.165) is 0 Å². The number of benzene rings is 1. The van der Waals surface area contributed by atoms with Crippen molar-refractivity contribution < 1.29 is 13.6 Å². The largest absolute Gasteiger partial charge is 0.349 e. The van der Waals surface area contributed by atoms with Gasteiger partial charge in [0.15, 0.2) is 0 Å². The van der Waals surface area contributed by atoms with Crippen LogP contribution in [0.2, 0.25) is 10.0 Å². The predicted octanol–water partition coefficient (Wildman–Crippen LogP) is 4.67. The molecule has 0 saturated carbocycles. The maximum Gasteiger partial charge on any atom is 0.262 e. The Labute approximate surface area is 148 Å². The van der Waals surface area contributed by atoms with Crippen molar-refractivity contribution in [3.63, 3.8) is 0 Å². The van der Waals surface area contributed by atoms with E-state index in [1.165, 1.54) is 18.3 Å². The van der Waals surface area contributed by atoms with Gasteiger partial charge in [-0.25, -0.2) is 8.78 Å². The Balaban J connectivity index is 1.82. The average molecular weight is 371 g/mol. The van der Waals surface area contributed by atoms with Crippen LogP contribution in [0.25, 0.3) is 0 Å². The molecule has 3 nitrogen and oxygen atoms in total. The molecule has 0 fully saturated rings. The van der Waals surface area contributed by atoms with Crippen molar-refractivity contribution in [2.75, 3.05) is 0 Å². The highest BCUT2D eigenvalue weighted by atomic mass is 35.5. The monoisotopic (exact) mass is 370 g/mol. The van der Waals surface area contributed by atoms with Gasteiger partial charge in [-0.1, -0.05) is 41.4 Å². The fourth-order valence-corrected chi connectivity index (χ4v) is 3.22. The lowest BCUT2D eigenvalue weighted by molar-refractivity contribution is -0.135. The third-order valence-corrected chi connectivity index (χ3v) is 4.99. The summed E-state index contributed by atoms with van der Waals surface area (Å²) in [6.45, 7) is 0.0263. The molecule has 7 heteroatoms. The smallest absolute Gasteiger partial charge is 0.262 e. The lowest BCUT2D eigenvalue weighted by atomic mass is 9.81. The van der Waals surface area contributed by atoms with Gasteiger partial charge in [-0.05, 0) is 30.5 Å². The molecule has 1 aliphatic rings. The summed E-state index contributed by atoms with van der Waals surface area (Å²) in [5.41, 5.74) is -1.76. The summed E-state index contributed by atoms with van der Waals surface area (Å²) in [7, 11) is 0. The van der Waals surface area contributed by atoms with Crippen molar-refractivity contribution in [1.29, 1.82) is 0 Å². The standard InChI is InChI=1S/C17H14Cl2F2N2O/c18-12-5-1-3-10(14(12)19)9-23-16(24)17(21)7-6-13(20)15-11(17)4-2-8-22-15/h1-5,8,13H,6-7,9H2,(H,23,24). The molecule has 1 aromatic heterocycles. The van der Waals surface area contributed by atoms with E-state index < -0.39 is 17.7 Å². The van der Waals surface area contributed by atoms with E-state index in [1.54, 1.807) is 18.2 Å². The maximum absolute atomic E-state index is 15.3. The minimum atomic E-state index is -2.31. The van der Waals surface area contributed by atoms with Gasteiger partial charge in [0.05, 0.1) is 15.7 Å². The quantitative estimate of drug-likeness (QED) is 0.852. The molecule has 3 rings (SSSR count). The summed E-state index contributed by atoms with van der Waals surface area (Å²) in [5.74, 6) is -0.834. The van der Waals surface area contributed by atoms with Crippen LogP contribution in [0, 0.1) is 0 Å². The summed E-state index contributed by atoms with van der Waals surface area (Å²) in [4.78, 5) is 16.3. The van der Waals surface area contributed by atoms with Crippen LogP contribution < -0.4 is 5.32 Å². The molecule has 1 heterocycles. The number of carbonyl (C=O) groups excluding carboxylic acids is 1. The first kappa shape index (κ1) is 17.1. The number of aromatic nitrogens is 1. The first-order valence-corrected chi connectivity index (χ1v) is 8.18. The molecule has 1 amide bonds. The number of hydrogen-bond acceptors (Lipinski definition) is 2. The lowest BCUT2D eigenvalue weighted by Crippen LogP contribution is -2.43. The second-order valence-electron chi connectivity index (χ2n) is 5.64. The highest BCUT2D eigenvalue weighted by Gasteiger charge is 2.47. The summed E-state index contributed by atoms with van der Waals surface area (Å²) >= 11 is 12.0. The van der Waals surface area contributed by atoms with E-state index in [0.29, 0.717) is 15.6 Å². The topological polar surface area (TPSA) is 42.0 Å². The summed E-state index contributed by atoms with van der Waals surface area (Å²) in [5, 5.41) is 3.19. The molecule has 24 heavy (non-hydrogen) atoms. The molecule has 0 bridgehead atoms. The van der Waals surface area contributed by atoms with Crippen LogP contribution in [0.1, 0.15) is 35.8 Å². The third kappa shape index (κ3) is 2.98. The van der Waals surface area contributed by atoms with Gasteiger partial charge >= 0.3 is 0 Å². The summed E-state index contributed by atoms with van der Waals surface area (Å²) < 4.78 is 29.3. The average Bonchev–Trinajstić information content (AvgIpc) is 2.59. The highest BCUT2D eigenvalue weighted by molar-refractivity contribution is 6.42. The molecule has 1 aromatic carbocycles. The molecule has 0 saturated heterocycles. The molecule has 1 N–H and O–H groups in total. The van der Waals surface area contributed by atoms with Crippen LogP contribution in [-0.2, 0) is 17.0 Å². The van der Waals surface area contributed by atoms with Gasteiger partial charge in [0.25, 0.3) is 5.91 Å². The van der Waals surface area contributed by atoms with Crippen molar-refractivity contribution in [3.8, 4) is 0 Å². The van der Waals surface area contributed by atoms with Gasteiger partial charge in [0.1, 0.15) is 6.17 Å². The fourth-order valence-electron chi connectivity index (χ4n) is 2.84. The number of halogens is 4. The highest BCUT2D eigenvalue weighted by Crippen LogP contribution is 2.43. The lowest BCUT2D eigenvalue weighted by Gasteiger charge is -2.31. The van der Waals surface area contributed by atoms with Crippen LogP contribution in [0.4, 0.5) is 8.78 Å². The van der Waals surface area contributed by atoms with E-state index in [2.05, 4.69) is 10.3 Å². The number of hydrogen-bond donors (Lipinski definition) is 1. The molecule has 2 aromatic rings. The third-order valence-electron chi connectivity index (χ3n) is 4.14. The van der Waals surface area contributed by atoms with Crippen LogP contribution in [0.15, 0.2) is 36.5 Å². The summed E-state index contributed by atoms with van der Waals surface area (Å²) in [6, 6.07) is 7.89. The van der Waals surface area contributed by atoms with Crippen molar-refractivity contribution >= 4 is 29.1 Å². The van der Waals surface area contributed by atoms with E-state index in [9.17, 15) is 9.18 Å². The molecule has 2 atom stereocenters. The van der Waals surface area contributed by atoms with E-state index in [4.69, 9.17) is 23.2 Å². The Morgan fingerprint density at radius 3 is 2.92 bits per heavy atom. The van der Waals surface area contributed by atoms with Crippen LogP contribution in [0.5, 0.6) is 0 Å². The van der Waals surface area contributed by atoms with Gasteiger partial charge in [0.2, 0.25) is 5.67 Å². The second kappa shape index (κ2) is 6.65. The summed E-state index contributed by atoms with van der Waals surface area (Å²) in [6.07, 6.45) is -0.297. The van der Waals surface area contributed by atoms with Gasteiger partial charge < -0.3 is 5.32 Å². The zero-order valence-corrected chi connectivity index (χ0v) is 14.0. The molecular weight excluding hydrogens is 357 g/mol. The number of pyridine rings is 1. The number of nitrogens with one attached hydrogen (secondary N) is 1. The number of nitrogens with zero attached hydrogens (tertiary/aromatic N) is 1. The van der Waals surface area contributed by atoms with Crippen molar-refractivity contribution in [1.82, 2.24) is 10.3 Å². The van der Waals surface area contributed by atoms with Crippen LogP contribution in [-0.4, -0.2) is 10.9 Å². The molecule has 126 valence electrons. The minimum Gasteiger partial charge on any atom is -0.349 e. The Bertz CT molecular complexity index is 787. The second-order valence-corrected chi connectivity index (χ2v) is 6.42. The molecule has 1 aliphatic carbocycles. The predicted molar refractivity (Wildman–Crippen MR) is 88.4 cm³/mol. The zero-order chi connectivity index (χ0) is 17.3. The normalized spacial score (nSPS) is 22.8. The van der Waals surface area contributed by atoms with Crippen molar-refractivity contribution in [2.24, 2.45) is 0 Å². The molecule has 0 aliphatic heterocycles. The fraction of sp³-hybridized carbons (Fsp3) is 0.294. The molecular formula is C17H14Cl2F2N2O. The maximum atomic E-state index is 15.3. The molecule has 0 spiro atoms. The molecule has 2 unspecified atom stereocenters. The Kier molecular flexibility index (Phi) is 4.74. The minimum absolute atomic E-state index is 0.0119. The Hall–Kier alpha value is -1.72. The number of fused-ring (bicyclic) bond motifs is 1. The Morgan fingerprint density at radius 2 is 2.12 bits per heavy atom. The number of alkyl halides is 2. The van der Waals surface area contributed by atoms with Gasteiger partial charge in [0, 0.05) is 18.3 Å². The van der Waals surface area contributed by atoms with E-state index >= 15 is 4.39 Å². The molecule has 0 radical (unpaired) electrons. The van der Waals surface area contributed by atoms with E-state index in [-0.39, 0.29) is 30.6 Å². The Morgan fingerprint density at radius 1 is 1.33 bits per heavy atom. The van der Waals surface area contributed by atoms with Gasteiger partial charge in [-0.15, -0.1) is 0 Å². The van der Waals surface area contributed by atoms with Crippen LogP contribution in [0.3, 0.4) is 0 Å². The number of carbonyl (C=O) groups is 1.